The Morgan fingerprint density at radius 1 is 1.36 bits per heavy atom. The molecule has 2 N–H and O–H groups in total. The fraction of sp³-hybridized carbons (Fsp3) is 0.357. The van der Waals surface area contributed by atoms with Gasteiger partial charge >= 0.3 is 0 Å². The van der Waals surface area contributed by atoms with E-state index in [1.54, 1.807) is 0 Å². The van der Waals surface area contributed by atoms with Crippen LogP contribution in [0.4, 0.5) is 5.69 Å². The van der Waals surface area contributed by atoms with E-state index in [0.29, 0.717) is 6.42 Å². The van der Waals surface area contributed by atoms with Gasteiger partial charge in [0.2, 0.25) is 5.79 Å². The van der Waals surface area contributed by atoms with Gasteiger partial charge in [-0.15, -0.1) is 5.76 Å². The second-order valence-corrected chi connectivity index (χ2v) is 7.42. The fourth-order valence-corrected chi connectivity index (χ4v) is 3.34. The second kappa shape index (κ2) is 4.80. The first-order valence-corrected chi connectivity index (χ1v) is 8.57. The minimum atomic E-state index is -3.43. The van der Waals surface area contributed by atoms with Crippen molar-refractivity contribution in [3.63, 3.8) is 0 Å². The maximum Gasteiger partial charge on any atom is 0.248 e. The summed E-state index contributed by atoms with van der Waals surface area (Å²) in [6, 6.07) is 3.93. The van der Waals surface area contributed by atoms with Gasteiger partial charge in [-0.3, -0.25) is 10.3 Å². The van der Waals surface area contributed by atoms with Gasteiger partial charge in [0.05, 0.1) is 10.6 Å². The first-order valence-electron chi connectivity index (χ1n) is 6.68. The smallest absolute Gasteiger partial charge is 0.248 e. The normalized spacial score (nSPS) is 25.1. The molecule has 118 valence electrons. The lowest BCUT2D eigenvalue weighted by atomic mass is 9.86. The van der Waals surface area contributed by atoms with Gasteiger partial charge in [0.1, 0.15) is 0 Å². The van der Waals surface area contributed by atoms with E-state index in [2.05, 4.69) is 5.48 Å². The Morgan fingerprint density at radius 2 is 2.09 bits per heavy atom. The number of allylic oxidation sites excluding steroid dienone is 1. The van der Waals surface area contributed by atoms with Gasteiger partial charge in [-0.05, 0) is 31.0 Å². The third kappa shape index (κ3) is 2.20. The number of ketones is 1. The molecule has 0 fully saturated rings. The van der Waals surface area contributed by atoms with Gasteiger partial charge in [0.15, 0.2) is 15.6 Å². The van der Waals surface area contributed by atoms with E-state index in [0.717, 1.165) is 6.26 Å². The zero-order valence-corrected chi connectivity index (χ0v) is 12.6. The number of hydrogen-bond acceptors (Lipinski definition) is 7. The highest BCUT2D eigenvalue weighted by Gasteiger charge is 2.46. The molecule has 1 aromatic rings. The highest BCUT2D eigenvalue weighted by molar-refractivity contribution is 7.90. The SMILES string of the molecule is CS(=O)(=O)c1ccc2c(c1)NO[C@]2(O)C1=C([O-])CCCC1=O. The van der Waals surface area contributed by atoms with Crippen molar-refractivity contribution in [2.24, 2.45) is 0 Å². The lowest BCUT2D eigenvalue weighted by molar-refractivity contribution is -0.313. The standard InChI is InChI=1S/C14H15NO6S/c1-22(19,20)8-5-6-9-10(7-8)15-21-14(9,18)13-11(16)3-2-4-12(13)17/h5-7,15-16,18H,2-4H2,1H3/p-1/t14-/m0/s1. The summed E-state index contributed by atoms with van der Waals surface area (Å²) in [4.78, 5) is 17.1. The van der Waals surface area contributed by atoms with Crippen LogP contribution >= 0.6 is 0 Å². The fourth-order valence-electron chi connectivity index (χ4n) is 2.70. The number of carbonyl (C=O) groups excluding carboxylic acids is 1. The maximum atomic E-state index is 12.0. The number of hydrogen-bond donors (Lipinski definition) is 2. The van der Waals surface area contributed by atoms with Crippen molar-refractivity contribution in [3.8, 4) is 0 Å². The lowest BCUT2D eigenvalue weighted by Gasteiger charge is -2.31. The number of aliphatic hydroxyl groups is 1. The number of Topliss-reactive ketones (excluding diaryl/α,β-unsaturated/α-hetero) is 1. The van der Waals surface area contributed by atoms with Crippen LogP contribution in [0.3, 0.4) is 0 Å². The predicted octanol–water partition coefficient (Wildman–Crippen LogP) is -0.0403. The van der Waals surface area contributed by atoms with Crippen LogP contribution in [0.2, 0.25) is 0 Å². The van der Waals surface area contributed by atoms with E-state index >= 15 is 0 Å². The number of nitrogens with one attached hydrogen (secondary N) is 1. The highest BCUT2D eigenvalue weighted by atomic mass is 32.2. The molecule has 1 atom stereocenters. The van der Waals surface area contributed by atoms with E-state index in [1.165, 1.54) is 18.2 Å². The molecule has 0 radical (unpaired) electrons. The van der Waals surface area contributed by atoms with E-state index in [-0.39, 0.29) is 34.6 Å². The minimum Gasteiger partial charge on any atom is -0.875 e. The molecule has 0 saturated carbocycles. The number of benzene rings is 1. The Balaban J connectivity index is 2.13. The maximum absolute atomic E-state index is 12.0. The summed E-state index contributed by atoms with van der Waals surface area (Å²) in [7, 11) is -3.43. The topological polar surface area (TPSA) is 116 Å². The zero-order valence-electron chi connectivity index (χ0n) is 11.8. The van der Waals surface area contributed by atoms with Crippen LogP contribution in [0.25, 0.3) is 0 Å². The van der Waals surface area contributed by atoms with Crippen LogP contribution < -0.4 is 10.6 Å². The third-order valence-corrected chi connectivity index (χ3v) is 4.91. The van der Waals surface area contributed by atoms with E-state index in [4.69, 9.17) is 4.84 Å². The van der Waals surface area contributed by atoms with Crippen LogP contribution in [0, 0.1) is 0 Å². The molecule has 22 heavy (non-hydrogen) atoms. The minimum absolute atomic E-state index is 0.0397. The van der Waals surface area contributed by atoms with Gasteiger partial charge in [-0.2, -0.15) is 0 Å². The summed E-state index contributed by atoms with van der Waals surface area (Å²) in [5.41, 5.74) is 2.46. The monoisotopic (exact) mass is 324 g/mol. The molecule has 8 heteroatoms. The van der Waals surface area contributed by atoms with E-state index in [9.17, 15) is 23.4 Å². The van der Waals surface area contributed by atoms with Crippen molar-refractivity contribution in [2.45, 2.75) is 29.9 Å². The van der Waals surface area contributed by atoms with Crippen LogP contribution in [-0.2, 0) is 25.3 Å². The van der Waals surface area contributed by atoms with Crippen LogP contribution in [0.1, 0.15) is 24.8 Å². The molecule has 0 unspecified atom stereocenters. The Bertz CT molecular complexity index is 798. The second-order valence-electron chi connectivity index (χ2n) is 5.40. The molecule has 2 aliphatic rings. The summed E-state index contributed by atoms with van der Waals surface area (Å²) < 4.78 is 23.1. The highest BCUT2D eigenvalue weighted by Crippen LogP contribution is 2.44. The Hall–Kier alpha value is -1.90. The van der Waals surface area contributed by atoms with Crippen molar-refractivity contribution < 1.29 is 28.3 Å². The number of anilines is 1. The Morgan fingerprint density at radius 3 is 2.73 bits per heavy atom. The van der Waals surface area contributed by atoms with Gasteiger partial charge in [0, 0.05) is 23.8 Å². The lowest BCUT2D eigenvalue weighted by Crippen LogP contribution is -2.37. The predicted molar refractivity (Wildman–Crippen MR) is 74.0 cm³/mol. The van der Waals surface area contributed by atoms with Crippen molar-refractivity contribution >= 4 is 21.3 Å². The van der Waals surface area contributed by atoms with Crippen LogP contribution in [0.5, 0.6) is 0 Å². The summed E-state index contributed by atoms with van der Waals surface area (Å²) in [6.07, 6.45) is 1.84. The number of carbonyl (C=O) groups is 1. The van der Waals surface area contributed by atoms with Gasteiger partial charge in [-0.25, -0.2) is 13.3 Å². The summed E-state index contributed by atoms with van der Waals surface area (Å²) in [6.45, 7) is 0. The van der Waals surface area contributed by atoms with E-state index < -0.39 is 27.2 Å². The van der Waals surface area contributed by atoms with Gasteiger partial charge in [-0.1, -0.05) is 0 Å². The molecule has 7 nitrogen and oxygen atoms in total. The summed E-state index contributed by atoms with van der Waals surface area (Å²) in [5.74, 6) is -3.10. The average Bonchev–Trinajstić information content (AvgIpc) is 2.76. The van der Waals surface area contributed by atoms with Gasteiger partial charge in [0.25, 0.3) is 0 Å². The molecular formula is C14H14NO6S-. The molecule has 0 aromatic heterocycles. The Labute approximate surface area is 127 Å². The molecule has 0 bridgehead atoms. The molecule has 1 aliphatic carbocycles. The first-order chi connectivity index (χ1) is 10.2. The molecule has 0 spiro atoms. The zero-order chi connectivity index (χ0) is 16.1. The molecule has 1 heterocycles. The number of rotatable bonds is 2. The third-order valence-electron chi connectivity index (χ3n) is 3.80. The summed E-state index contributed by atoms with van der Waals surface area (Å²) >= 11 is 0. The van der Waals surface area contributed by atoms with Crippen molar-refractivity contribution in [2.75, 3.05) is 11.7 Å². The van der Waals surface area contributed by atoms with Gasteiger partial charge < -0.3 is 10.2 Å². The molecular weight excluding hydrogens is 310 g/mol. The average molecular weight is 324 g/mol. The van der Waals surface area contributed by atoms with Crippen LogP contribution in [-0.4, -0.2) is 25.6 Å². The van der Waals surface area contributed by atoms with Crippen molar-refractivity contribution in [3.05, 3.63) is 35.1 Å². The molecule has 0 saturated heterocycles. The Kier molecular flexibility index (Phi) is 3.28. The molecule has 3 rings (SSSR count). The molecule has 1 aromatic carbocycles. The van der Waals surface area contributed by atoms with Crippen molar-refractivity contribution in [1.82, 2.24) is 0 Å². The van der Waals surface area contributed by atoms with E-state index in [1.807, 2.05) is 0 Å². The van der Waals surface area contributed by atoms with Crippen molar-refractivity contribution in [1.29, 1.82) is 0 Å². The largest absolute Gasteiger partial charge is 0.875 e. The van der Waals surface area contributed by atoms with Crippen LogP contribution in [0.15, 0.2) is 34.4 Å². The molecule has 1 aliphatic heterocycles. The quantitative estimate of drug-likeness (QED) is 0.784. The first kappa shape index (κ1) is 15.0. The number of fused-ring (bicyclic) bond motifs is 1. The molecule has 0 amide bonds. The summed E-state index contributed by atoms with van der Waals surface area (Å²) in [5, 5.41) is 22.7. The number of sulfone groups is 1.